The molecule has 2 aromatic heterocycles. The number of aromatic nitrogens is 3. The number of rotatable bonds is 3. The quantitative estimate of drug-likeness (QED) is 0.809. The molecule has 0 spiro atoms. The van der Waals surface area contributed by atoms with Crippen LogP contribution in [0.4, 0.5) is 5.82 Å². The summed E-state index contributed by atoms with van der Waals surface area (Å²) in [5.74, 6) is 0.706. The zero-order valence-electron chi connectivity index (χ0n) is 8.07. The van der Waals surface area contributed by atoms with Gasteiger partial charge in [-0.1, -0.05) is 16.8 Å². The Bertz CT molecular complexity index is 443. The van der Waals surface area contributed by atoms with Crippen molar-refractivity contribution < 1.29 is 4.52 Å². The SMILES string of the molecule is Cc1c(Cl)ncnc1NCc1ccon1. The van der Waals surface area contributed by atoms with Gasteiger partial charge in [-0.2, -0.15) is 0 Å². The van der Waals surface area contributed by atoms with Gasteiger partial charge in [0.1, 0.15) is 29.3 Å². The van der Waals surface area contributed by atoms with Crippen molar-refractivity contribution in [2.24, 2.45) is 0 Å². The van der Waals surface area contributed by atoms with Crippen molar-refractivity contribution in [3.05, 3.63) is 35.1 Å². The summed E-state index contributed by atoms with van der Waals surface area (Å²) in [5, 5.41) is 7.32. The molecule has 0 aliphatic rings. The minimum absolute atomic E-state index is 0.452. The molecule has 0 aliphatic carbocycles. The molecule has 0 amide bonds. The van der Waals surface area contributed by atoms with E-state index in [1.54, 1.807) is 6.07 Å². The first kappa shape index (κ1) is 9.92. The van der Waals surface area contributed by atoms with Gasteiger partial charge in [-0.3, -0.25) is 0 Å². The maximum atomic E-state index is 5.85. The molecule has 0 atom stereocenters. The molecule has 0 unspecified atom stereocenters. The molecular weight excluding hydrogens is 216 g/mol. The van der Waals surface area contributed by atoms with E-state index in [0.29, 0.717) is 17.5 Å². The monoisotopic (exact) mass is 224 g/mol. The number of hydrogen-bond donors (Lipinski definition) is 1. The molecule has 2 rings (SSSR count). The van der Waals surface area contributed by atoms with E-state index in [0.717, 1.165) is 11.3 Å². The van der Waals surface area contributed by atoms with Gasteiger partial charge >= 0.3 is 0 Å². The summed E-state index contributed by atoms with van der Waals surface area (Å²) < 4.78 is 4.71. The fraction of sp³-hybridized carbons (Fsp3) is 0.222. The lowest BCUT2D eigenvalue weighted by atomic mass is 10.3. The molecule has 15 heavy (non-hydrogen) atoms. The molecule has 6 heteroatoms. The van der Waals surface area contributed by atoms with E-state index >= 15 is 0 Å². The largest absolute Gasteiger partial charge is 0.364 e. The Hall–Kier alpha value is -1.62. The van der Waals surface area contributed by atoms with Crippen LogP contribution in [0.25, 0.3) is 0 Å². The summed E-state index contributed by atoms with van der Waals surface area (Å²) in [4.78, 5) is 7.94. The van der Waals surface area contributed by atoms with E-state index in [4.69, 9.17) is 16.1 Å². The van der Waals surface area contributed by atoms with E-state index in [2.05, 4.69) is 20.4 Å². The smallest absolute Gasteiger partial charge is 0.137 e. The van der Waals surface area contributed by atoms with Crippen molar-refractivity contribution in [2.75, 3.05) is 5.32 Å². The van der Waals surface area contributed by atoms with Gasteiger partial charge in [0.05, 0.1) is 6.54 Å². The topological polar surface area (TPSA) is 63.8 Å². The van der Waals surface area contributed by atoms with Crippen molar-refractivity contribution in [1.82, 2.24) is 15.1 Å². The molecule has 0 fully saturated rings. The predicted molar refractivity (Wildman–Crippen MR) is 55.6 cm³/mol. The van der Waals surface area contributed by atoms with Crippen LogP contribution in [-0.2, 0) is 6.54 Å². The Kier molecular flexibility index (Phi) is 2.82. The van der Waals surface area contributed by atoms with Crippen LogP contribution in [0, 0.1) is 6.92 Å². The molecule has 0 bridgehead atoms. The van der Waals surface area contributed by atoms with Gasteiger partial charge in [0.25, 0.3) is 0 Å². The summed E-state index contributed by atoms with van der Waals surface area (Å²) in [5.41, 5.74) is 1.63. The highest BCUT2D eigenvalue weighted by atomic mass is 35.5. The molecule has 1 N–H and O–H groups in total. The van der Waals surface area contributed by atoms with E-state index < -0.39 is 0 Å². The minimum Gasteiger partial charge on any atom is -0.364 e. The lowest BCUT2D eigenvalue weighted by molar-refractivity contribution is 0.412. The lowest BCUT2D eigenvalue weighted by Crippen LogP contribution is -2.04. The van der Waals surface area contributed by atoms with Crippen LogP contribution in [0.2, 0.25) is 5.15 Å². The second-order valence-electron chi connectivity index (χ2n) is 2.98. The van der Waals surface area contributed by atoms with Crippen LogP contribution in [-0.4, -0.2) is 15.1 Å². The third-order valence-corrected chi connectivity index (χ3v) is 2.33. The van der Waals surface area contributed by atoms with Crippen molar-refractivity contribution in [1.29, 1.82) is 0 Å². The van der Waals surface area contributed by atoms with Crippen LogP contribution in [0.5, 0.6) is 0 Å². The number of anilines is 1. The maximum Gasteiger partial charge on any atom is 0.137 e. The van der Waals surface area contributed by atoms with Gasteiger partial charge in [-0.05, 0) is 6.92 Å². The van der Waals surface area contributed by atoms with E-state index in [-0.39, 0.29) is 0 Å². The minimum atomic E-state index is 0.452. The van der Waals surface area contributed by atoms with Gasteiger partial charge in [0, 0.05) is 11.6 Å². The van der Waals surface area contributed by atoms with Crippen LogP contribution >= 0.6 is 11.6 Å². The van der Waals surface area contributed by atoms with E-state index in [1.165, 1.54) is 12.6 Å². The number of nitrogens with one attached hydrogen (secondary N) is 1. The normalized spacial score (nSPS) is 10.3. The van der Waals surface area contributed by atoms with Gasteiger partial charge in [-0.15, -0.1) is 0 Å². The highest BCUT2D eigenvalue weighted by Crippen LogP contribution is 2.18. The highest BCUT2D eigenvalue weighted by Gasteiger charge is 2.04. The third-order valence-electron chi connectivity index (χ3n) is 1.95. The maximum absolute atomic E-state index is 5.85. The molecule has 0 saturated carbocycles. The third kappa shape index (κ3) is 2.24. The summed E-state index contributed by atoms with van der Waals surface area (Å²) in [6.45, 7) is 2.40. The molecule has 0 radical (unpaired) electrons. The van der Waals surface area contributed by atoms with Crippen molar-refractivity contribution in [3.8, 4) is 0 Å². The van der Waals surface area contributed by atoms with E-state index in [1.807, 2.05) is 6.92 Å². The van der Waals surface area contributed by atoms with Gasteiger partial charge < -0.3 is 9.84 Å². The molecule has 2 aromatic rings. The van der Waals surface area contributed by atoms with Crippen molar-refractivity contribution in [3.63, 3.8) is 0 Å². The Morgan fingerprint density at radius 3 is 3.07 bits per heavy atom. The van der Waals surface area contributed by atoms with Crippen LogP contribution in [0.15, 0.2) is 23.2 Å². The standard InChI is InChI=1S/C9H9ClN4O/c1-6-8(10)12-5-13-9(6)11-4-7-2-3-15-14-7/h2-3,5H,4H2,1H3,(H,11,12,13). The Balaban J connectivity index is 2.08. The molecule has 78 valence electrons. The summed E-state index contributed by atoms with van der Waals surface area (Å²) >= 11 is 5.85. The van der Waals surface area contributed by atoms with Crippen LogP contribution in [0.1, 0.15) is 11.3 Å². The first-order valence-corrected chi connectivity index (χ1v) is 4.75. The zero-order valence-corrected chi connectivity index (χ0v) is 8.82. The fourth-order valence-corrected chi connectivity index (χ4v) is 1.24. The van der Waals surface area contributed by atoms with Gasteiger partial charge in [-0.25, -0.2) is 9.97 Å². The molecule has 2 heterocycles. The molecule has 0 aromatic carbocycles. The van der Waals surface area contributed by atoms with Crippen LogP contribution < -0.4 is 5.32 Å². The Labute approximate surface area is 91.5 Å². The number of hydrogen-bond acceptors (Lipinski definition) is 5. The molecular formula is C9H9ClN4O. The average Bonchev–Trinajstić information content (AvgIpc) is 2.73. The number of halogens is 1. The lowest BCUT2D eigenvalue weighted by Gasteiger charge is -2.06. The second kappa shape index (κ2) is 4.27. The first-order chi connectivity index (χ1) is 7.27. The van der Waals surface area contributed by atoms with Gasteiger partial charge in [0.15, 0.2) is 0 Å². The molecule has 0 aliphatic heterocycles. The van der Waals surface area contributed by atoms with Gasteiger partial charge in [0.2, 0.25) is 0 Å². The summed E-state index contributed by atoms with van der Waals surface area (Å²) in [6, 6.07) is 1.78. The van der Waals surface area contributed by atoms with Crippen LogP contribution in [0.3, 0.4) is 0 Å². The highest BCUT2D eigenvalue weighted by molar-refractivity contribution is 6.30. The summed E-state index contributed by atoms with van der Waals surface area (Å²) in [7, 11) is 0. The average molecular weight is 225 g/mol. The Morgan fingerprint density at radius 1 is 1.47 bits per heavy atom. The second-order valence-corrected chi connectivity index (χ2v) is 3.34. The fourth-order valence-electron chi connectivity index (χ4n) is 1.11. The van der Waals surface area contributed by atoms with E-state index in [9.17, 15) is 0 Å². The predicted octanol–water partition coefficient (Wildman–Crippen LogP) is 2.04. The first-order valence-electron chi connectivity index (χ1n) is 4.37. The molecule has 0 saturated heterocycles. The zero-order chi connectivity index (χ0) is 10.7. The molecule has 5 nitrogen and oxygen atoms in total. The Morgan fingerprint density at radius 2 is 2.33 bits per heavy atom. The number of nitrogens with zero attached hydrogens (tertiary/aromatic N) is 3. The van der Waals surface area contributed by atoms with Crippen molar-refractivity contribution >= 4 is 17.4 Å². The summed E-state index contributed by atoms with van der Waals surface area (Å²) in [6.07, 6.45) is 2.94. The van der Waals surface area contributed by atoms with Crippen molar-refractivity contribution in [2.45, 2.75) is 13.5 Å².